The van der Waals surface area contributed by atoms with Crippen LogP contribution in [0.1, 0.15) is 119 Å². The molecule has 0 aromatic carbocycles. The van der Waals surface area contributed by atoms with Gasteiger partial charge < -0.3 is 0 Å². The van der Waals surface area contributed by atoms with Gasteiger partial charge in [-0.15, -0.1) is 0 Å². The molecule has 0 heterocycles. The minimum Gasteiger partial charge on any atom is -0.0628 e. The molecular formula is C28H50. The Morgan fingerprint density at radius 1 is 0.786 bits per heavy atom. The minimum atomic E-state index is 0.670. The summed E-state index contributed by atoms with van der Waals surface area (Å²) in [4.78, 5) is 0. The quantitative estimate of drug-likeness (QED) is 0.443. The van der Waals surface area contributed by atoms with E-state index in [0.29, 0.717) is 10.8 Å². The van der Waals surface area contributed by atoms with Gasteiger partial charge in [0.2, 0.25) is 0 Å². The summed E-state index contributed by atoms with van der Waals surface area (Å²) in [7, 11) is 0. The molecule has 0 bridgehead atoms. The van der Waals surface area contributed by atoms with Gasteiger partial charge in [-0.3, -0.25) is 0 Å². The van der Waals surface area contributed by atoms with Gasteiger partial charge in [0.05, 0.1) is 0 Å². The third-order valence-electron chi connectivity index (χ3n) is 11.1. The topological polar surface area (TPSA) is 0 Å². The zero-order chi connectivity index (χ0) is 20.1. The largest absolute Gasteiger partial charge is 0.0628 e. The number of rotatable bonds is 5. The Balaban J connectivity index is 1.46. The lowest BCUT2D eigenvalue weighted by Gasteiger charge is -2.61. The van der Waals surface area contributed by atoms with E-state index in [9.17, 15) is 0 Å². The van der Waals surface area contributed by atoms with Gasteiger partial charge in [0.25, 0.3) is 0 Å². The Kier molecular flexibility index (Phi) is 6.01. The lowest BCUT2D eigenvalue weighted by Crippen LogP contribution is -2.53. The number of hydrogen-bond acceptors (Lipinski definition) is 0. The predicted octanol–water partition coefficient (Wildman–Crippen LogP) is 8.74. The summed E-state index contributed by atoms with van der Waals surface area (Å²) < 4.78 is 0. The summed E-state index contributed by atoms with van der Waals surface area (Å²) in [5, 5.41) is 0. The van der Waals surface area contributed by atoms with Gasteiger partial charge >= 0.3 is 0 Å². The highest BCUT2D eigenvalue weighted by Crippen LogP contribution is 2.68. The molecule has 9 atom stereocenters. The molecule has 0 amide bonds. The summed E-state index contributed by atoms with van der Waals surface area (Å²) in [6, 6.07) is 0. The SMILES string of the molecule is CC(C)CCC[C@@H](C)C1CCC2[C@H]3CCC4CC(C)CCC4(C)C3CCC21C. The van der Waals surface area contributed by atoms with Crippen molar-refractivity contribution in [2.45, 2.75) is 119 Å². The highest BCUT2D eigenvalue weighted by molar-refractivity contribution is 5.09. The van der Waals surface area contributed by atoms with Crippen molar-refractivity contribution in [3.63, 3.8) is 0 Å². The summed E-state index contributed by atoms with van der Waals surface area (Å²) in [6.07, 6.45) is 18.3. The molecule has 4 rings (SSSR count). The lowest BCUT2D eigenvalue weighted by molar-refractivity contribution is -0.120. The molecule has 7 unspecified atom stereocenters. The Morgan fingerprint density at radius 2 is 1.50 bits per heavy atom. The van der Waals surface area contributed by atoms with Crippen LogP contribution in [-0.4, -0.2) is 0 Å². The van der Waals surface area contributed by atoms with Gasteiger partial charge in [-0.25, -0.2) is 0 Å². The third-order valence-corrected chi connectivity index (χ3v) is 11.1. The highest BCUT2D eigenvalue weighted by Gasteiger charge is 2.60. The first kappa shape index (κ1) is 21.2. The zero-order valence-electron chi connectivity index (χ0n) is 20.1. The molecule has 0 nitrogen and oxygen atoms in total. The summed E-state index contributed by atoms with van der Waals surface area (Å²) in [6.45, 7) is 15.4. The fraction of sp³-hybridized carbons (Fsp3) is 1.00. The molecule has 0 aromatic rings. The van der Waals surface area contributed by atoms with Crippen molar-refractivity contribution < 1.29 is 0 Å². The molecule has 0 aromatic heterocycles. The molecule has 4 fully saturated rings. The smallest absolute Gasteiger partial charge is 0.0264 e. The number of hydrogen-bond donors (Lipinski definition) is 0. The normalized spacial score (nSPS) is 49.4. The maximum Gasteiger partial charge on any atom is -0.0264 e. The van der Waals surface area contributed by atoms with E-state index < -0.39 is 0 Å². The Hall–Kier alpha value is 0. The van der Waals surface area contributed by atoms with Gasteiger partial charge in [-0.1, -0.05) is 67.2 Å². The second-order valence-electron chi connectivity index (χ2n) is 13.1. The molecule has 28 heavy (non-hydrogen) atoms. The van der Waals surface area contributed by atoms with Crippen LogP contribution in [0.2, 0.25) is 0 Å². The van der Waals surface area contributed by atoms with Crippen molar-refractivity contribution in [1.29, 1.82) is 0 Å². The molecule has 0 heteroatoms. The molecule has 0 saturated heterocycles. The molecule has 4 aliphatic rings. The van der Waals surface area contributed by atoms with E-state index in [-0.39, 0.29) is 0 Å². The van der Waals surface area contributed by atoms with Crippen LogP contribution in [0.4, 0.5) is 0 Å². The van der Waals surface area contributed by atoms with E-state index in [1.807, 2.05) is 0 Å². The van der Waals surface area contributed by atoms with E-state index in [2.05, 4.69) is 41.5 Å². The molecule has 162 valence electrons. The van der Waals surface area contributed by atoms with Crippen molar-refractivity contribution in [2.24, 2.45) is 58.2 Å². The van der Waals surface area contributed by atoms with E-state index in [0.717, 1.165) is 47.3 Å². The maximum absolute atomic E-state index is 2.75. The zero-order valence-corrected chi connectivity index (χ0v) is 20.1. The van der Waals surface area contributed by atoms with E-state index in [4.69, 9.17) is 0 Å². The van der Waals surface area contributed by atoms with Crippen molar-refractivity contribution in [3.8, 4) is 0 Å². The molecule has 0 radical (unpaired) electrons. The van der Waals surface area contributed by atoms with Crippen molar-refractivity contribution >= 4 is 0 Å². The van der Waals surface area contributed by atoms with Crippen LogP contribution in [0, 0.1) is 58.2 Å². The summed E-state index contributed by atoms with van der Waals surface area (Å²) >= 11 is 0. The van der Waals surface area contributed by atoms with Gasteiger partial charge in [0.1, 0.15) is 0 Å². The van der Waals surface area contributed by atoms with Crippen LogP contribution in [0.25, 0.3) is 0 Å². The molecule has 0 aliphatic heterocycles. The van der Waals surface area contributed by atoms with Gasteiger partial charge in [-0.2, -0.15) is 0 Å². The Morgan fingerprint density at radius 3 is 2.25 bits per heavy atom. The fourth-order valence-corrected chi connectivity index (χ4v) is 9.50. The van der Waals surface area contributed by atoms with E-state index >= 15 is 0 Å². The summed E-state index contributed by atoms with van der Waals surface area (Å²) in [5.74, 6) is 8.08. The van der Waals surface area contributed by atoms with Crippen LogP contribution in [0.5, 0.6) is 0 Å². The number of fused-ring (bicyclic) bond motifs is 5. The standard InChI is InChI=1S/C28H50/c1-19(2)8-7-9-21(4)24-12-13-25-23-11-10-22-18-20(3)14-16-27(22,5)26(23)15-17-28(24,25)6/h19-26H,7-18H2,1-6H3/t20?,21-,22?,23-,24?,25?,26?,27?,28?/m1/s1. The Bertz CT molecular complexity index is 534. The average Bonchev–Trinajstić information content (AvgIpc) is 2.99. The summed E-state index contributed by atoms with van der Waals surface area (Å²) in [5.41, 5.74) is 1.36. The van der Waals surface area contributed by atoms with Crippen LogP contribution in [0.3, 0.4) is 0 Å². The lowest BCUT2D eigenvalue weighted by atomic mass is 9.44. The predicted molar refractivity (Wildman–Crippen MR) is 122 cm³/mol. The first-order valence-electron chi connectivity index (χ1n) is 13.3. The average molecular weight is 387 g/mol. The van der Waals surface area contributed by atoms with Crippen molar-refractivity contribution in [3.05, 3.63) is 0 Å². The van der Waals surface area contributed by atoms with Gasteiger partial charge in [0, 0.05) is 0 Å². The van der Waals surface area contributed by atoms with E-state index in [1.165, 1.54) is 32.1 Å². The second kappa shape index (κ2) is 7.92. The monoisotopic (exact) mass is 386 g/mol. The van der Waals surface area contributed by atoms with Crippen LogP contribution in [0.15, 0.2) is 0 Å². The van der Waals surface area contributed by atoms with Gasteiger partial charge in [0.15, 0.2) is 0 Å². The molecule has 4 saturated carbocycles. The second-order valence-corrected chi connectivity index (χ2v) is 13.1. The van der Waals surface area contributed by atoms with Crippen molar-refractivity contribution in [1.82, 2.24) is 0 Å². The van der Waals surface area contributed by atoms with Crippen LogP contribution < -0.4 is 0 Å². The van der Waals surface area contributed by atoms with Gasteiger partial charge in [-0.05, 0) is 110 Å². The molecule has 4 aliphatic carbocycles. The molecule has 0 spiro atoms. The van der Waals surface area contributed by atoms with Crippen LogP contribution >= 0.6 is 0 Å². The van der Waals surface area contributed by atoms with E-state index in [1.54, 1.807) is 44.9 Å². The Labute approximate surface area is 177 Å². The maximum atomic E-state index is 2.75. The fourth-order valence-electron chi connectivity index (χ4n) is 9.50. The molecule has 0 N–H and O–H groups in total. The van der Waals surface area contributed by atoms with Crippen LogP contribution in [-0.2, 0) is 0 Å². The first-order chi connectivity index (χ1) is 13.3. The molecular weight excluding hydrogens is 336 g/mol. The minimum absolute atomic E-state index is 0.670. The first-order valence-corrected chi connectivity index (χ1v) is 13.3. The van der Waals surface area contributed by atoms with Crippen molar-refractivity contribution in [2.75, 3.05) is 0 Å². The third kappa shape index (κ3) is 3.51. The highest BCUT2D eigenvalue weighted by atomic mass is 14.6.